The first kappa shape index (κ1) is 14.6. The van der Waals surface area contributed by atoms with Crippen molar-refractivity contribution >= 4 is 11.9 Å². The molecule has 108 valence electrons. The van der Waals surface area contributed by atoms with Crippen molar-refractivity contribution in [3.63, 3.8) is 0 Å². The van der Waals surface area contributed by atoms with Crippen molar-refractivity contribution in [3.05, 3.63) is 59.2 Å². The molecule has 0 bridgehead atoms. The van der Waals surface area contributed by atoms with E-state index in [9.17, 15) is 9.59 Å². The number of hydrogen-bond donors (Lipinski definition) is 1. The van der Waals surface area contributed by atoms with E-state index in [1.165, 1.54) is 23.1 Å². The van der Waals surface area contributed by atoms with Crippen LogP contribution in [-0.4, -0.2) is 38.9 Å². The average molecular weight is 285 g/mol. The third-order valence-corrected chi connectivity index (χ3v) is 2.88. The van der Waals surface area contributed by atoms with Gasteiger partial charge in [0.05, 0.1) is 12.2 Å². The van der Waals surface area contributed by atoms with Gasteiger partial charge in [-0.25, -0.2) is 9.78 Å². The number of amides is 1. The van der Waals surface area contributed by atoms with E-state index in [2.05, 4.69) is 9.97 Å². The third kappa shape index (κ3) is 3.62. The minimum atomic E-state index is -1.16. The second-order valence-electron chi connectivity index (χ2n) is 4.64. The van der Waals surface area contributed by atoms with Gasteiger partial charge in [-0.3, -0.25) is 9.78 Å². The fraction of sp³-hybridized carbons (Fsp3) is 0.200. The summed E-state index contributed by atoms with van der Waals surface area (Å²) in [7, 11) is 1.63. The molecule has 6 heteroatoms. The van der Waals surface area contributed by atoms with E-state index in [1.807, 2.05) is 25.1 Å². The van der Waals surface area contributed by atoms with E-state index >= 15 is 0 Å². The second kappa shape index (κ2) is 6.13. The van der Waals surface area contributed by atoms with Gasteiger partial charge in [0.15, 0.2) is 0 Å². The highest BCUT2D eigenvalue weighted by Crippen LogP contribution is 2.07. The maximum Gasteiger partial charge on any atom is 0.354 e. The Bertz CT molecular complexity index is 685. The summed E-state index contributed by atoms with van der Waals surface area (Å²) in [5.41, 5.74) is 1.59. The normalized spacial score (nSPS) is 10.2. The zero-order valence-electron chi connectivity index (χ0n) is 11.8. The van der Waals surface area contributed by atoms with Gasteiger partial charge in [-0.05, 0) is 31.2 Å². The molecule has 0 aromatic carbocycles. The molecule has 2 heterocycles. The van der Waals surface area contributed by atoms with Crippen molar-refractivity contribution in [2.24, 2.45) is 0 Å². The van der Waals surface area contributed by atoms with Crippen LogP contribution in [0.5, 0.6) is 0 Å². The molecule has 0 saturated carbocycles. The van der Waals surface area contributed by atoms with E-state index in [-0.39, 0.29) is 17.3 Å². The van der Waals surface area contributed by atoms with Gasteiger partial charge in [0.1, 0.15) is 11.4 Å². The molecule has 2 rings (SSSR count). The first-order chi connectivity index (χ1) is 9.97. The van der Waals surface area contributed by atoms with Gasteiger partial charge in [0.2, 0.25) is 0 Å². The number of carboxylic acid groups (broad SMARTS) is 1. The summed E-state index contributed by atoms with van der Waals surface area (Å²) in [6, 6.07) is 9.93. The van der Waals surface area contributed by atoms with Crippen LogP contribution in [0.1, 0.15) is 32.4 Å². The van der Waals surface area contributed by atoms with Crippen molar-refractivity contribution in [1.82, 2.24) is 14.9 Å². The van der Waals surface area contributed by atoms with Crippen LogP contribution in [0.3, 0.4) is 0 Å². The molecule has 1 amide bonds. The van der Waals surface area contributed by atoms with Gasteiger partial charge in [0.25, 0.3) is 5.91 Å². The molecular weight excluding hydrogens is 270 g/mol. The molecule has 1 N–H and O–H groups in total. The smallest absolute Gasteiger partial charge is 0.354 e. The molecule has 21 heavy (non-hydrogen) atoms. The number of nitrogens with zero attached hydrogens (tertiary/aromatic N) is 3. The molecule has 0 fully saturated rings. The number of hydrogen-bond acceptors (Lipinski definition) is 4. The molecule has 0 aliphatic carbocycles. The van der Waals surface area contributed by atoms with Crippen LogP contribution >= 0.6 is 0 Å². The van der Waals surface area contributed by atoms with E-state index in [0.29, 0.717) is 6.54 Å². The van der Waals surface area contributed by atoms with E-state index < -0.39 is 5.97 Å². The Labute approximate surface area is 122 Å². The fourth-order valence-electron chi connectivity index (χ4n) is 1.87. The number of carbonyl (C=O) groups is 2. The summed E-state index contributed by atoms with van der Waals surface area (Å²) in [6.45, 7) is 2.21. The summed E-state index contributed by atoms with van der Waals surface area (Å²) in [4.78, 5) is 32.8. The summed E-state index contributed by atoms with van der Waals surface area (Å²) in [5.74, 6) is -1.51. The highest BCUT2D eigenvalue weighted by molar-refractivity contribution is 5.94. The Balaban J connectivity index is 2.15. The highest BCUT2D eigenvalue weighted by Gasteiger charge is 2.16. The highest BCUT2D eigenvalue weighted by atomic mass is 16.4. The monoisotopic (exact) mass is 285 g/mol. The Morgan fingerprint density at radius 1 is 1.10 bits per heavy atom. The Hall–Kier alpha value is -2.76. The molecule has 2 aromatic heterocycles. The van der Waals surface area contributed by atoms with Crippen molar-refractivity contribution in [2.75, 3.05) is 7.05 Å². The molecule has 0 unspecified atom stereocenters. The lowest BCUT2D eigenvalue weighted by atomic mass is 10.2. The van der Waals surface area contributed by atoms with Gasteiger partial charge >= 0.3 is 5.97 Å². The first-order valence-corrected chi connectivity index (χ1v) is 6.35. The predicted octanol–water partition coefficient (Wildman–Crippen LogP) is 1.76. The topological polar surface area (TPSA) is 83.4 Å². The molecule has 0 radical (unpaired) electrons. The number of carboxylic acids is 1. The third-order valence-electron chi connectivity index (χ3n) is 2.88. The van der Waals surface area contributed by atoms with E-state index in [0.717, 1.165) is 11.4 Å². The average Bonchev–Trinajstić information content (AvgIpc) is 2.46. The summed E-state index contributed by atoms with van der Waals surface area (Å²) < 4.78 is 0. The lowest BCUT2D eigenvalue weighted by Gasteiger charge is -2.16. The summed E-state index contributed by atoms with van der Waals surface area (Å²) in [5, 5.41) is 8.90. The zero-order valence-corrected chi connectivity index (χ0v) is 11.8. The van der Waals surface area contributed by atoms with Gasteiger partial charge in [-0.15, -0.1) is 0 Å². The Morgan fingerprint density at radius 2 is 1.76 bits per heavy atom. The lowest BCUT2D eigenvalue weighted by Crippen LogP contribution is -2.27. The van der Waals surface area contributed by atoms with Crippen LogP contribution in [0.25, 0.3) is 0 Å². The van der Waals surface area contributed by atoms with E-state index in [4.69, 9.17) is 5.11 Å². The number of aryl methyl sites for hydroxylation is 1. The number of pyridine rings is 2. The van der Waals surface area contributed by atoms with E-state index in [1.54, 1.807) is 7.05 Å². The molecule has 0 saturated heterocycles. The van der Waals surface area contributed by atoms with Crippen molar-refractivity contribution in [1.29, 1.82) is 0 Å². The molecule has 0 aliphatic rings. The van der Waals surface area contributed by atoms with Crippen LogP contribution in [0.4, 0.5) is 0 Å². The minimum absolute atomic E-state index is 0.102. The SMILES string of the molecule is Cc1cccc(CN(C)C(=O)c2cccc(C(=O)O)n2)n1. The Kier molecular flexibility index (Phi) is 4.27. The van der Waals surface area contributed by atoms with Crippen LogP contribution < -0.4 is 0 Å². The first-order valence-electron chi connectivity index (χ1n) is 6.35. The molecule has 6 nitrogen and oxygen atoms in total. The summed E-state index contributed by atoms with van der Waals surface area (Å²) in [6.07, 6.45) is 0. The van der Waals surface area contributed by atoms with Gasteiger partial charge < -0.3 is 10.0 Å². The van der Waals surface area contributed by atoms with Crippen molar-refractivity contribution < 1.29 is 14.7 Å². The molecule has 0 atom stereocenters. The molecular formula is C15H15N3O3. The number of aromatic nitrogens is 2. The predicted molar refractivity (Wildman–Crippen MR) is 76.0 cm³/mol. The van der Waals surface area contributed by atoms with Crippen LogP contribution in [-0.2, 0) is 6.54 Å². The van der Waals surface area contributed by atoms with Crippen LogP contribution in [0, 0.1) is 6.92 Å². The van der Waals surface area contributed by atoms with Gasteiger partial charge in [-0.1, -0.05) is 12.1 Å². The standard InChI is InChI=1S/C15H15N3O3/c1-10-5-3-6-11(16-10)9-18(2)14(19)12-7-4-8-13(17-12)15(20)21/h3-8H,9H2,1-2H3,(H,20,21). The Morgan fingerprint density at radius 3 is 2.43 bits per heavy atom. The van der Waals surface area contributed by atoms with Crippen molar-refractivity contribution in [2.45, 2.75) is 13.5 Å². The molecule has 0 aliphatic heterocycles. The van der Waals surface area contributed by atoms with Crippen LogP contribution in [0.15, 0.2) is 36.4 Å². The lowest BCUT2D eigenvalue weighted by molar-refractivity contribution is 0.0690. The van der Waals surface area contributed by atoms with Crippen LogP contribution in [0.2, 0.25) is 0 Å². The largest absolute Gasteiger partial charge is 0.477 e. The maximum atomic E-state index is 12.3. The summed E-state index contributed by atoms with van der Waals surface area (Å²) >= 11 is 0. The fourth-order valence-corrected chi connectivity index (χ4v) is 1.87. The van der Waals surface area contributed by atoms with Gasteiger partial charge in [-0.2, -0.15) is 0 Å². The number of rotatable bonds is 4. The minimum Gasteiger partial charge on any atom is -0.477 e. The molecule has 0 spiro atoms. The second-order valence-corrected chi connectivity index (χ2v) is 4.64. The quantitative estimate of drug-likeness (QED) is 0.925. The van der Waals surface area contributed by atoms with Crippen molar-refractivity contribution in [3.8, 4) is 0 Å². The zero-order chi connectivity index (χ0) is 15.4. The number of aromatic carboxylic acids is 1. The molecule has 2 aromatic rings. The van der Waals surface area contributed by atoms with Gasteiger partial charge in [0, 0.05) is 12.7 Å². The number of carbonyl (C=O) groups excluding carboxylic acids is 1. The maximum absolute atomic E-state index is 12.3.